The molecule has 0 unspecified atom stereocenters. The standard InChI is InChI=1S/C20H19NO3S2/c1-2-21-19(22)18(26-20(21)25)14-15-7-6-10-17(13-15)24-12-11-23-16-8-4-3-5-9-16/h3-10,13-14H,2,11-12H2,1H3/b18-14-. The predicted molar refractivity (Wildman–Crippen MR) is 109 cm³/mol. The quantitative estimate of drug-likeness (QED) is 0.402. The van der Waals surface area contributed by atoms with Gasteiger partial charge in [0.15, 0.2) is 0 Å². The number of para-hydroxylation sites is 1. The molecule has 6 heteroatoms. The summed E-state index contributed by atoms with van der Waals surface area (Å²) in [6.07, 6.45) is 1.85. The Balaban J connectivity index is 1.57. The van der Waals surface area contributed by atoms with Gasteiger partial charge in [-0.3, -0.25) is 9.69 Å². The maximum absolute atomic E-state index is 12.3. The molecule has 26 heavy (non-hydrogen) atoms. The van der Waals surface area contributed by atoms with Crippen LogP contribution in [-0.4, -0.2) is 34.9 Å². The molecule has 2 aromatic carbocycles. The van der Waals surface area contributed by atoms with Crippen molar-refractivity contribution in [3.05, 3.63) is 65.1 Å². The molecule has 0 N–H and O–H groups in total. The molecule has 1 amide bonds. The first-order valence-corrected chi connectivity index (χ1v) is 9.56. The summed E-state index contributed by atoms with van der Waals surface area (Å²) < 4.78 is 12.0. The van der Waals surface area contributed by atoms with E-state index in [-0.39, 0.29) is 5.91 Å². The van der Waals surface area contributed by atoms with Gasteiger partial charge in [-0.25, -0.2) is 0 Å². The third kappa shape index (κ3) is 4.65. The molecule has 134 valence electrons. The van der Waals surface area contributed by atoms with Crippen LogP contribution < -0.4 is 9.47 Å². The van der Waals surface area contributed by atoms with Crippen LogP contribution in [0.4, 0.5) is 0 Å². The van der Waals surface area contributed by atoms with Gasteiger partial charge < -0.3 is 9.47 Å². The van der Waals surface area contributed by atoms with E-state index >= 15 is 0 Å². The van der Waals surface area contributed by atoms with Crippen LogP contribution in [0.5, 0.6) is 11.5 Å². The van der Waals surface area contributed by atoms with Crippen molar-refractivity contribution in [2.75, 3.05) is 19.8 Å². The normalized spacial score (nSPS) is 15.6. The smallest absolute Gasteiger partial charge is 0.266 e. The van der Waals surface area contributed by atoms with E-state index in [1.54, 1.807) is 4.90 Å². The fourth-order valence-corrected chi connectivity index (χ4v) is 3.84. The van der Waals surface area contributed by atoms with Crippen LogP contribution >= 0.6 is 24.0 Å². The largest absolute Gasteiger partial charge is 0.490 e. The lowest BCUT2D eigenvalue weighted by molar-refractivity contribution is -0.121. The van der Waals surface area contributed by atoms with Crippen molar-refractivity contribution in [3.8, 4) is 11.5 Å². The number of thioether (sulfide) groups is 1. The first kappa shape index (κ1) is 18.5. The summed E-state index contributed by atoms with van der Waals surface area (Å²) in [4.78, 5) is 14.5. The number of amides is 1. The molecular weight excluding hydrogens is 366 g/mol. The van der Waals surface area contributed by atoms with Crippen molar-refractivity contribution >= 4 is 40.3 Å². The van der Waals surface area contributed by atoms with Gasteiger partial charge in [0.2, 0.25) is 0 Å². The van der Waals surface area contributed by atoms with Crippen LogP contribution in [0.3, 0.4) is 0 Å². The van der Waals surface area contributed by atoms with E-state index in [9.17, 15) is 4.79 Å². The molecule has 0 spiro atoms. The second kappa shape index (κ2) is 8.87. The molecule has 0 aliphatic carbocycles. The minimum atomic E-state index is -0.0370. The minimum absolute atomic E-state index is 0.0370. The average molecular weight is 386 g/mol. The van der Waals surface area contributed by atoms with Gasteiger partial charge in [-0.15, -0.1) is 0 Å². The third-order valence-electron chi connectivity index (χ3n) is 3.71. The van der Waals surface area contributed by atoms with E-state index in [1.807, 2.05) is 67.6 Å². The molecule has 3 rings (SSSR count). The molecule has 0 saturated carbocycles. The first-order chi connectivity index (χ1) is 12.7. The number of nitrogens with zero attached hydrogens (tertiary/aromatic N) is 1. The van der Waals surface area contributed by atoms with Gasteiger partial charge >= 0.3 is 0 Å². The van der Waals surface area contributed by atoms with Crippen molar-refractivity contribution in [2.45, 2.75) is 6.92 Å². The minimum Gasteiger partial charge on any atom is -0.490 e. The van der Waals surface area contributed by atoms with E-state index < -0.39 is 0 Å². The highest BCUT2D eigenvalue weighted by Crippen LogP contribution is 2.32. The summed E-state index contributed by atoms with van der Waals surface area (Å²) in [5.74, 6) is 1.52. The highest BCUT2D eigenvalue weighted by atomic mass is 32.2. The molecule has 2 aromatic rings. The van der Waals surface area contributed by atoms with Crippen molar-refractivity contribution in [2.24, 2.45) is 0 Å². The number of ether oxygens (including phenoxy) is 2. The maximum atomic E-state index is 12.3. The zero-order valence-corrected chi connectivity index (χ0v) is 16.0. The van der Waals surface area contributed by atoms with E-state index in [2.05, 4.69) is 0 Å². The molecule has 0 aromatic heterocycles. The van der Waals surface area contributed by atoms with Crippen molar-refractivity contribution < 1.29 is 14.3 Å². The number of hydrogen-bond donors (Lipinski definition) is 0. The monoisotopic (exact) mass is 385 g/mol. The number of carbonyl (C=O) groups is 1. The highest BCUT2D eigenvalue weighted by Gasteiger charge is 2.30. The molecule has 4 nitrogen and oxygen atoms in total. The molecular formula is C20H19NO3S2. The van der Waals surface area contributed by atoms with Gasteiger partial charge in [0.25, 0.3) is 5.91 Å². The van der Waals surface area contributed by atoms with Gasteiger partial charge in [0.1, 0.15) is 29.0 Å². The van der Waals surface area contributed by atoms with Crippen LogP contribution in [0, 0.1) is 0 Å². The summed E-state index contributed by atoms with van der Waals surface area (Å²) >= 11 is 6.57. The van der Waals surface area contributed by atoms with Crippen molar-refractivity contribution in [3.63, 3.8) is 0 Å². The Bertz CT molecular complexity index is 821. The lowest BCUT2D eigenvalue weighted by Crippen LogP contribution is -2.27. The van der Waals surface area contributed by atoms with Gasteiger partial charge in [-0.05, 0) is 42.8 Å². The first-order valence-electron chi connectivity index (χ1n) is 8.33. The molecule has 0 radical (unpaired) electrons. The molecule has 1 aliphatic rings. The summed E-state index contributed by atoms with van der Waals surface area (Å²) in [5.41, 5.74) is 0.906. The fraction of sp³-hybridized carbons (Fsp3) is 0.200. The lowest BCUT2D eigenvalue weighted by Gasteiger charge is -2.10. The number of thiocarbonyl (C=S) groups is 1. The summed E-state index contributed by atoms with van der Waals surface area (Å²) in [5, 5.41) is 0. The Morgan fingerprint density at radius 3 is 2.42 bits per heavy atom. The van der Waals surface area contributed by atoms with Crippen LogP contribution in [0.15, 0.2) is 59.5 Å². The Kier molecular flexibility index (Phi) is 6.30. The Morgan fingerprint density at radius 1 is 1.04 bits per heavy atom. The van der Waals surface area contributed by atoms with Gasteiger partial charge in [-0.1, -0.05) is 54.3 Å². The zero-order chi connectivity index (χ0) is 18.4. The van der Waals surface area contributed by atoms with Crippen molar-refractivity contribution in [1.29, 1.82) is 0 Å². The lowest BCUT2D eigenvalue weighted by atomic mass is 10.2. The molecule has 1 aliphatic heterocycles. The molecule has 1 fully saturated rings. The maximum Gasteiger partial charge on any atom is 0.266 e. The average Bonchev–Trinajstić information content (AvgIpc) is 2.93. The summed E-state index contributed by atoms with van der Waals surface area (Å²) in [7, 11) is 0. The Morgan fingerprint density at radius 2 is 1.73 bits per heavy atom. The van der Waals surface area contributed by atoms with Gasteiger partial charge in [0, 0.05) is 6.54 Å². The number of benzene rings is 2. The Hall–Kier alpha value is -2.31. The highest BCUT2D eigenvalue weighted by molar-refractivity contribution is 8.26. The molecule has 0 atom stereocenters. The number of hydrogen-bond acceptors (Lipinski definition) is 5. The van der Waals surface area contributed by atoms with E-state index in [0.29, 0.717) is 29.0 Å². The molecule has 1 heterocycles. The Labute approximate surface area is 162 Å². The third-order valence-corrected chi connectivity index (χ3v) is 5.09. The van der Waals surface area contributed by atoms with Crippen LogP contribution in [-0.2, 0) is 4.79 Å². The molecule has 1 saturated heterocycles. The zero-order valence-electron chi connectivity index (χ0n) is 14.4. The number of carbonyl (C=O) groups excluding carboxylic acids is 1. The van der Waals surface area contributed by atoms with Crippen molar-refractivity contribution in [1.82, 2.24) is 4.90 Å². The second-order valence-corrected chi connectivity index (χ2v) is 7.18. The second-order valence-electron chi connectivity index (χ2n) is 5.51. The van der Waals surface area contributed by atoms with E-state index in [1.165, 1.54) is 11.8 Å². The van der Waals surface area contributed by atoms with Gasteiger partial charge in [-0.2, -0.15) is 0 Å². The summed E-state index contributed by atoms with van der Waals surface area (Å²) in [6, 6.07) is 17.3. The topological polar surface area (TPSA) is 38.8 Å². The number of rotatable bonds is 7. The van der Waals surface area contributed by atoms with Crippen LogP contribution in [0.2, 0.25) is 0 Å². The van der Waals surface area contributed by atoms with Crippen LogP contribution in [0.25, 0.3) is 6.08 Å². The number of likely N-dealkylation sites (N-methyl/N-ethyl adjacent to an activating group) is 1. The van der Waals surface area contributed by atoms with Gasteiger partial charge in [0.05, 0.1) is 4.91 Å². The summed E-state index contributed by atoms with van der Waals surface area (Å²) in [6.45, 7) is 3.41. The SMILES string of the molecule is CCN1C(=O)/C(=C/c2cccc(OCCOc3ccccc3)c2)SC1=S. The fourth-order valence-electron chi connectivity index (χ4n) is 2.45. The van der Waals surface area contributed by atoms with E-state index in [4.69, 9.17) is 21.7 Å². The van der Waals surface area contributed by atoms with E-state index in [0.717, 1.165) is 17.1 Å². The van der Waals surface area contributed by atoms with Crippen LogP contribution in [0.1, 0.15) is 12.5 Å². The molecule has 0 bridgehead atoms. The predicted octanol–water partition coefficient (Wildman–Crippen LogP) is 4.37.